The Morgan fingerprint density at radius 1 is 0.754 bits per heavy atom. The molecule has 6 aromatic rings. The zero-order valence-electron chi connectivity index (χ0n) is 35.2. The van der Waals surface area contributed by atoms with Crippen LogP contribution in [0.3, 0.4) is 0 Å². The van der Waals surface area contributed by atoms with E-state index in [2.05, 4.69) is 48.3 Å². The van der Waals surface area contributed by atoms with E-state index in [0.29, 0.717) is 90.5 Å². The number of amides is 2. The van der Waals surface area contributed by atoms with Crippen molar-refractivity contribution in [3.8, 4) is 11.4 Å². The van der Waals surface area contributed by atoms with Crippen molar-refractivity contribution in [3.05, 3.63) is 152 Å². The van der Waals surface area contributed by atoms with E-state index in [4.69, 9.17) is 8.83 Å². The van der Waals surface area contributed by atoms with Crippen molar-refractivity contribution in [2.45, 2.75) is 46.1 Å². The minimum Gasteiger partial charge on any atom is -1.00 e. The third kappa shape index (κ3) is 13.1. The molecule has 0 aliphatic heterocycles. The number of carbonyl (C=O) groups is 3. The molecule has 1 N–H and O–H groups in total. The topological polar surface area (TPSA) is 201 Å². The van der Waals surface area contributed by atoms with Gasteiger partial charge >= 0.3 is 29.0 Å². The van der Waals surface area contributed by atoms with Crippen LogP contribution >= 0.6 is 0 Å². The van der Waals surface area contributed by atoms with E-state index in [1.807, 2.05) is 12.1 Å². The number of aryl methyl sites for hydroxylation is 2. The number of hydrogen-bond acceptors (Lipinski definition) is 13. The van der Waals surface area contributed by atoms with Crippen molar-refractivity contribution in [1.82, 2.24) is 49.8 Å². The number of benzene rings is 2. The Kier molecular flexibility index (Phi) is 20.1. The smallest absolute Gasteiger partial charge is 1.00 e. The molecule has 61 heavy (non-hydrogen) atoms. The molecule has 0 spiro atoms. The monoisotopic (exact) mass is 908 g/mol. The van der Waals surface area contributed by atoms with Crippen LogP contribution in [-0.4, -0.2) is 129 Å². The quantitative estimate of drug-likeness (QED) is 0.0641. The largest absolute Gasteiger partial charge is 2.00 e. The predicted molar refractivity (Wildman–Crippen MR) is 224 cm³/mol. The molecule has 6 rings (SSSR count). The van der Waals surface area contributed by atoms with Gasteiger partial charge in [0.25, 0.3) is 11.8 Å². The molecule has 0 unspecified atom stereocenters. The molecule has 0 aliphatic carbocycles. The number of oxazole rings is 2. The Hall–Kier alpha value is -5.76. The number of aliphatic hydroxyl groups is 1. The summed E-state index contributed by atoms with van der Waals surface area (Å²) in [7, 11) is 1.28. The first kappa shape index (κ1) is 51.4. The number of nitrogens with zero attached hydrogens (tertiary/aromatic N) is 10. The number of para-hydroxylation sites is 2. The van der Waals surface area contributed by atoms with Gasteiger partial charge in [-0.15, -0.1) is 13.2 Å². The molecule has 19 heteroatoms. The fourth-order valence-corrected chi connectivity index (χ4v) is 5.97. The van der Waals surface area contributed by atoms with Gasteiger partial charge in [-0.3, -0.25) is 9.59 Å². The van der Waals surface area contributed by atoms with Crippen LogP contribution < -0.4 is 17.0 Å². The summed E-state index contributed by atoms with van der Waals surface area (Å²) in [6, 6.07) is 14.3. The maximum Gasteiger partial charge on any atom is 2.00 e. The summed E-state index contributed by atoms with van der Waals surface area (Å²) < 4.78 is 15.9. The second kappa shape index (κ2) is 23.9. The van der Waals surface area contributed by atoms with Crippen LogP contribution in [0.25, 0.3) is 11.4 Å². The summed E-state index contributed by atoms with van der Waals surface area (Å²) in [4.78, 5) is 52.8. The molecule has 2 amide bonds. The van der Waals surface area contributed by atoms with Gasteiger partial charge in [0.2, 0.25) is 0 Å². The van der Waals surface area contributed by atoms with Crippen LogP contribution in [0.5, 0.6) is 0 Å². The van der Waals surface area contributed by atoms with Crippen LogP contribution in [0.1, 0.15) is 74.0 Å². The predicted octanol–water partition coefficient (Wildman–Crippen LogP) is 1.96. The molecule has 4 aromatic heterocycles. The van der Waals surface area contributed by atoms with Gasteiger partial charge in [0.15, 0.2) is 17.5 Å². The van der Waals surface area contributed by atoms with Gasteiger partial charge in [0, 0.05) is 39.0 Å². The molecule has 0 saturated heterocycles. The van der Waals surface area contributed by atoms with Gasteiger partial charge in [-0.05, 0) is 52.0 Å². The standard InChI is InChI=1S/C21H25N5O3.C20H21N5O4.CH3.BrH.Mg/c1-5-13-25(14-10-18-24-19(15(2)29-18)21(3,4)28)20(27)16-8-6-7-9-17(16)26-22-11-12-23-26;1-4-12-24(13-9-17-23-18(14(2)29-17)20(27)28-3)19(26)15-7-5-6-8-16(15)25-21-10-11-22-25;;;/h5-9,11-12,28H,1,10,13-14H2,2-4H3;4-8,10-11H,1,9,12-13H2,2-3H3;1H3;1H;/q;;-1;;+2/p-1. The Labute approximate surface area is 381 Å². The van der Waals surface area contributed by atoms with E-state index in [9.17, 15) is 19.5 Å². The Morgan fingerprint density at radius 3 is 1.56 bits per heavy atom. The van der Waals surface area contributed by atoms with Gasteiger partial charge in [-0.1, -0.05) is 36.4 Å². The van der Waals surface area contributed by atoms with E-state index < -0.39 is 11.6 Å². The van der Waals surface area contributed by atoms with E-state index in [0.717, 1.165) is 0 Å². The molecule has 0 aliphatic rings. The molecule has 2 aromatic carbocycles. The molecule has 0 fully saturated rings. The number of aromatic nitrogens is 8. The van der Waals surface area contributed by atoms with Crippen molar-refractivity contribution >= 4 is 40.8 Å². The Bertz CT molecular complexity index is 2340. The summed E-state index contributed by atoms with van der Waals surface area (Å²) in [6.07, 6.45) is 10.3. The molecule has 0 atom stereocenters. The number of rotatable bonds is 16. The minimum atomic E-state index is -1.09. The Balaban J connectivity index is 0.000000400. The number of esters is 1. The van der Waals surface area contributed by atoms with Crippen molar-refractivity contribution < 1.29 is 50.0 Å². The third-order valence-corrected chi connectivity index (χ3v) is 8.64. The fourth-order valence-electron chi connectivity index (χ4n) is 5.97. The van der Waals surface area contributed by atoms with Crippen LogP contribution in [-0.2, 0) is 23.2 Å². The minimum absolute atomic E-state index is 0. The number of halogens is 1. The summed E-state index contributed by atoms with van der Waals surface area (Å²) in [5.41, 5.74) is 1.70. The number of methoxy groups -OCH3 is 1. The Morgan fingerprint density at radius 2 is 1.16 bits per heavy atom. The zero-order valence-corrected chi connectivity index (χ0v) is 38.2. The second-order valence-corrected chi connectivity index (χ2v) is 13.3. The van der Waals surface area contributed by atoms with Gasteiger partial charge < -0.3 is 52.9 Å². The van der Waals surface area contributed by atoms with Crippen molar-refractivity contribution in [3.63, 3.8) is 0 Å². The van der Waals surface area contributed by atoms with E-state index in [-0.39, 0.29) is 65.0 Å². The van der Waals surface area contributed by atoms with Crippen molar-refractivity contribution in [2.24, 2.45) is 0 Å². The van der Waals surface area contributed by atoms with Crippen LogP contribution in [0.2, 0.25) is 0 Å². The van der Waals surface area contributed by atoms with Gasteiger partial charge in [-0.2, -0.15) is 30.0 Å². The van der Waals surface area contributed by atoms with Gasteiger partial charge in [-0.25, -0.2) is 14.8 Å². The average molecular weight is 910 g/mol. The SMILES string of the molecule is C=CCN(CCc1nc(C(=O)OC)c(C)o1)C(=O)c1ccccc1-n1nccn1.C=CCN(CCc1nc(C(C)(C)O)c(C)o1)C(=O)c1ccccc1-n1nccn1.[Br-].[CH3-].[Mg+2]. The molecule has 0 radical (unpaired) electrons. The fraction of sp³-hybridized carbons (Fsp3) is 0.286. The first-order valence-corrected chi connectivity index (χ1v) is 18.3. The summed E-state index contributed by atoms with van der Waals surface area (Å²) >= 11 is 0. The molecule has 0 saturated carbocycles. The average Bonchev–Trinajstić information content (AvgIpc) is 4.06. The first-order valence-electron chi connectivity index (χ1n) is 18.3. The molecule has 17 nitrogen and oxygen atoms in total. The van der Waals surface area contributed by atoms with E-state index in [1.54, 1.807) is 111 Å². The van der Waals surface area contributed by atoms with E-state index >= 15 is 0 Å². The van der Waals surface area contributed by atoms with Crippen LogP contribution in [0.4, 0.5) is 0 Å². The van der Waals surface area contributed by atoms with Crippen LogP contribution in [0.15, 0.2) is 107 Å². The first-order chi connectivity index (χ1) is 27.9. The van der Waals surface area contributed by atoms with Gasteiger partial charge in [0.05, 0.1) is 54.4 Å². The summed E-state index contributed by atoms with van der Waals surface area (Å²) in [5.74, 6) is 0.860. The normalized spacial score (nSPS) is 10.5. The molecule has 0 bridgehead atoms. The van der Waals surface area contributed by atoms with Gasteiger partial charge in [0.1, 0.15) is 22.8 Å². The molecular weight excluding hydrogens is 861 g/mol. The van der Waals surface area contributed by atoms with Crippen molar-refractivity contribution in [1.29, 1.82) is 0 Å². The summed E-state index contributed by atoms with van der Waals surface area (Å²) in [5, 5.41) is 26.7. The molecule has 4 heterocycles. The zero-order chi connectivity index (χ0) is 41.8. The maximum atomic E-state index is 13.2. The molecule has 318 valence electrons. The molecular formula is C42H49BrMgN10O7. The van der Waals surface area contributed by atoms with Crippen molar-refractivity contribution in [2.75, 3.05) is 33.3 Å². The number of ether oxygens (including phenoxy) is 1. The van der Waals surface area contributed by atoms with Crippen LogP contribution in [0, 0.1) is 21.3 Å². The summed E-state index contributed by atoms with van der Waals surface area (Å²) in [6.45, 7) is 15.6. The van der Waals surface area contributed by atoms with E-state index in [1.165, 1.54) is 16.7 Å². The number of hydrogen-bond donors (Lipinski definition) is 1. The third-order valence-electron chi connectivity index (χ3n) is 8.64. The number of carbonyl (C=O) groups excluding carboxylic acids is 3. The maximum absolute atomic E-state index is 13.2. The second-order valence-electron chi connectivity index (χ2n) is 13.3.